The van der Waals surface area contributed by atoms with Crippen LogP contribution in [0.25, 0.3) is 6.08 Å². The zero-order valence-electron chi connectivity index (χ0n) is 8.87. The van der Waals surface area contributed by atoms with E-state index in [1.807, 2.05) is 12.2 Å². The predicted octanol–water partition coefficient (Wildman–Crippen LogP) is 3.94. The summed E-state index contributed by atoms with van der Waals surface area (Å²) in [6.07, 6.45) is 10.2. The van der Waals surface area contributed by atoms with E-state index in [0.717, 1.165) is 12.8 Å². The molecule has 1 radical (unpaired) electrons. The Balaban J connectivity index is 2.22. The van der Waals surface area contributed by atoms with E-state index < -0.39 is 0 Å². The molecule has 0 aliphatic heterocycles. The Morgan fingerprint density at radius 2 is 1.80 bits per heavy atom. The minimum absolute atomic E-state index is 0.942. The summed E-state index contributed by atoms with van der Waals surface area (Å²) in [5.74, 6) is 0. The van der Waals surface area contributed by atoms with Gasteiger partial charge in [-0.15, -0.1) is 13.2 Å². The van der Waals surface area contributed by atoms with Gasteiger partial charge in [-0.05, 0) is 29.5 Å². The molecule has 1 aromatic rings. The first-order valence-electron chi connectivity index (χ1n) is 5.23. The van der Waals surface area contributed by atoms with Gasteiger partial charge < -0.3 is 0 Å². The van der Waals surface area contributed by atoms with Crippen LogP contribution in [-0.4, -0.2) is 0 Å². The number of hydrogen-bond donors (Lipinski definition) is 0. The summed E-state index contributed by atoms with van der Waals surface area (Å²) in [5.41, 5.74) is 5.31. The molecule has 0 N–H and O–H groups in total. The second kappa shape index (κ2) is 4.31. The van der Waals surface area contributed by atoms with Gasteiger partial charge in [0.05, 0.1) is 0 Å². The third-order valence-corrected chi connectivity index (χ3v) is 2.59. The zero-order valence-corrected chi connectivity index (χ0v) is 8.87. The lowest BCUT2D eigenvalue weighted by atomic mass is 10.0. The Morgan fingerprint density at radius 3 is 2.53 bits per heavy atom. The van der Waals surface area contributed by atoms with Gasteiger partial charge in [-0.25, -0.2) is 0 Å². The molecule has 0 amide bonds. The first-order chi connectivity index (χ1) is 7.33. The number of rotatable bonds is 4. The summed E-state index contributed by atoms with van der Waals surface area (Å²) in [4.78, 5) is 0. The Labute approximate surface area is 91.6 Å². The van der Waals surface area contributed by atoms with Gasteiger partial charge in [0.1, 0.15) is 0 Å². The maximum atomic E-state index is 3.76. The smallest absolute Gasteiger partial charge is 0.0167 e. The molecule has 1 aliphatic carbocycles. The molecule has 0 heterocycles. The third kappa shape index (κ3) is 2.10. The van der Waals surface area contributed by atoms with Gasteiger partial charge in [0.2, 0.25) is 0 Å². The number of benzene rings is 1. The number of fused-ring (bicyclic) bond motifs is 1. The van der Waals surface area contributed by atoms with Gasteiger partial charge in [-0.1, -0.05) is 42.0 Å². The predicted molar refractivity (Wildman–Crippen MR) is 66.5 cm³/mol. The van der Waals surface area contributed by atoms with Crippen LogP contribution in [0.15, 0.2) is 49.1 Å². The first-order valence-corrected chi connectivity index (χ1v) is 5.23. The fourth-order valence-corrected chi connectivity index (χ4v) is 1.90. The Bertz CT molecular complexity index is 422. The highest BCUT2D eigenvalue weighted by Gasteiger charge is 2.11. The van der Waals surface area contributed by atoms with Crippen molar-refractivity contribution >= 4 is 6.08 Å². The van der Waals surface area contributed by atoms with Gasteiger partial charge in [0.25, 0.3) is 0 Å². The summed E-state index contributed by atoms with van der Waals surface area (Å²) in [6, 6.07) is 6.59. The van der Waals surface area contributed by atoms with Crippen molar-refractivity contribution in [2.24, 2.45) is 0 Å². The quantitative estimate of drug-likeness (QED) is 0.638. The largest absolute Gasteiger partial charge is 0.103 e. The molecular formula is C15H15. The normalized spacial score (nSPS) is 13.2. The van der Waals surface area contributed by atoms with Gasteiger partial charge in [0, 0.05) is 6.42 Å². The molecule has 1 aromatic carbocycles. The lowest BCUT2D eigenvalue weighted by Gasteiger charge is -2.01. The van der Waals surface area contributed by atoms with Crippen LogP contribution in [0.4, 0.5) is 0 Å². The first kappa shape index (κ1) is 9.97. The fourth-order valence-electron chi connectivity index (χ4n) is 1.90. The van der Waals surface area contributed by atoms with E-state index >= 15 is 0 Å². The van der Waals surface area contributed by atoms with Crippen molar-refractivity contribution < 1.29 is 0 Å². The lowest BCUT2D eigenvalue weighted by molar-refractivity contribution is 1.24. The monoisotopic (exact) mass is 195 g/mol. The molecule has 0 unspecified atom stereocenters. The maximum absolute atomic E-state index is 3.76. The van der Waals surface area contributed by atoms with Crippen molar-refractivity contribution in [1.29, 1.82) is 0 Å². The molecule has 0 saturated heterocycles. The van der Waals surface area contributed by atoms with Crippen LogP contribution in [-0.2, 0) is 6.42 Å². The summed E-state index contributed by atoms with van der Waals surface area (Å²) in [6.45, 7) is 7.52. The topological polar surface area (TPSA) is 0 Å². The molecule has 2 rings (SSSR count). The lowest BCUT2D eigenvalue weighted by Crippen LogP contribution is -1.86. The molecule has 75 valence electrons. The van der Waals surface area contributed by atoms with Gasteiger partial charge in [-0.3, -0.25) is 0 Å². The van der Waals surface area contributed by atoms with Crippen LogP contribution in [0.5, 0.6) is 0 Å². The minimum Gasteiger partial charge on any atom is -0.103 e. The molecule has 0 heteroatoms. The van der Waals surface area contributed by atoms with Crippen LogP contribution < -0.4 is 0 Å². The number of hydrogen-bond acceptors (Lipinski definition) is 0. The maximum Gasteiger partial charge on any atom is 0.0167 e. The van der Waals surface area contributed by atoms with E-state index in [1.165, 1.54) is 22.3 Å². The van der Waals surface area contributed by atoms with E-state index in [9.17, 15) is 0 Å². The van der Waals surface area contributed by atoms with Crippen molar-refractivity contribution in [3.05, 3.63) is 72.2 Å². The summed E-state index contributed by atoms with van der Waals surface area (Å²) >= 11 is 0. The fraction of sp³-hybridized carbons (Fsp3) is 0.133. The Hall–Kier alpha value is -1.56. The summed E-state index contributed by atoms with van der Waals surface area (Å²) < 4.78 is 0. The second-order valence-corrected chi connectivity index (χ2v) is 3.81. The molecule has 0 bridgehead atoms. The average Bonchev–Trinajstić information content (AvgIpc) is 2.60. The van der Waals surface area contributed by atoms with Crippen molar-refractivity contribution in [3.8, 4) is 0 Å². The molecule has 0 spiro atoms. The molecule has 0 saturated carbocycles. The van der Waals surface area contributed by atoms with Crippen molar-refractivity contribution in [2.45, 2.75) is 12.8 Å². The highest BCUT2D eigenvalue weighted by atomic mass is 14.2. The molecule has 1 aliphatic rings. The van der Waals surface area contributed by atoms with Crippen molar-refractivity contribution in [1.82, 2.24) is 0 Å². The van der Waals surface area contributed by atoms with Gasteiger partial charge >= 0.3 is 0 Å². The van der Waals surface area contributed by atoms with Crippen LogP contribution >= 0.6 is 0 Å². The Kier molecular flexibility index (Phi) is 2.86. The van der Waals surface area contributed by atoms with E-state index in [0.29, 0.717) is 0 Å². The SMILES string of the molecule is C=CCC1=Cc2ccc(CC=C)cc2[CH]1. The standard InChI is InChI=1S/C15H15/c1-3-5-12-7-8-14-10-13(6-4-2)11-15(14)9-12/h3-4,7-11H,1-2,5-6H2. The second-order valence-electron chi connectivity index (χ2n) is 3.81. The Morgan fingerprint density at radius 1 is 1.00 bits per heavy atom. The van der Waals surface area contributed by atoms with E-state index in [2.05, 4.69) is 43.9 Å². The molecule has 0 nitrogen and oxygen atoms in total. The third-order valence-electron chi connectivity index (χ3n) is 2.59. The molecule has 0 aromatic heterocycles. The van der Waals surface area contributed by atoms with E-state index in [-0.39, 0.29) is 0 Å². The van der Waals surface area contributed by atoms with Crippen molar-refractivity contribution in [2.75, 3.05) is 0 Å². The van der Waals surface area contributed by atoms with Gasteiger partial charge in [0.15, 0.2) is 0 Å². The average molecular weight is 195 g/mol. The highest BCUT2D eigenvalue weighted by Crippen LogP contribution is 2.29. The van der Waals surface area contributed by atoms with Crippen LogP contribution in [0.2, 0.25) is 0 Å². The summed E-state index contributed by atoms with van der Waals surface area (Å²) in [7, 11) is 0. The van der Waals surface area contributed by atoms with E-state index in [4.69, 9.17) is 0 Å². The van der Waals surface area contributed by atoms with Crippen LogP contribution in [0.1, 0.15) is 23.1 Å². The minimum atomic E-state index is 0.942. The molecule has 0 atom stereocenters. The van der Waals surface area contributed by atoms with Gasteiger partial charge in [-0.2, -0.15) is 0 Å². The molecule has 0 fully saturated rings. The molecular weight excluding hydrogens is 180 g/mol. The number of allylic oxidation sites excluding steroid dienone is 3. The van der Waals surface area contributed by atoms with E-state index in [1.54, 1.807) is 0 Å². The summed E-state index contributed by atoms with van der Waals surface area (Å²) in [5, 5.41) is 0. The highest BCUT2D eigenvalue weighted by molar-refractivity contribution is 5.70. The zero-order chi connectivity index (χ0) is 10.7. The van der Waals surface area contributed by atoms with Crippen molar-refractivity contribution in [3.63, 3.8) is 0 Å². The molecule has 15 heavy (non-hydrogen) atoms. The van der Waals surface area contributed by atoms with Crippen LogP contribution in [0.3, 0.4) is 0 Å². The van der Waals surface area contributed by atoms with Crippen LogP contribution in [0, 0.1) is 6.42 Å².